The van der Waals surface area contributed by atoms with Crippen molar-refractivity contribution in [3.63, 3.8) is 0 Å². The lowest BCUT2D eigenvalue weighted by molar-refractivity contribution is -0.376. The molecule has 1 saturated carbocycles. The van der Waals surface area contributed by atoms with Gasteiger partial charge in [0.25, 0.3) is 5.60 Å². The molecule has 3 rings (SSSR count). The summed E-state index contributed by atoms with van der Waals surface area (Å²) in [6.07, 6.45) is -10.9. The number of halogens is 6. The number of carbonyl (C=O) groups excluding carboxylic acids is 1. The van der Waals surface area contributed by atoms with E-state index in [4.69, 9.17) is 5.73 Å². The Bertz CT molecular complexity index is 1130. The number of sulfonamides is 1. The highest BCUT2D eigenvalue weighted by atomic mass is 32.2. The van der Waals surface area contributed by atoms with Gasteiger partial charge in [0, 0.05) is 11.6 Å². The highest BCUT2D eigenvalue weighted by Crippen LogP contribution is 2.50. The summed E-state index contributed by atoms with van der Waals surface area (Å²) in [6.45, 7) is 0. The van der Waals surface area contributed by atoms with E-state index in [2.05, 4.69) is 4.72 Å². The van der Waals surface area contributed by atoms with Crippen molar-refractivity contribution in [1.82, 2.24) is 4.72 Å². The predicted octanol–water partition coefficient (Wildman–Crippen LogP) is 3.06. The van der Waals surface area contributed by atoms with Crippen molar-refractivity contribution >= 4 is 15.9 Å². The molecular weight excluding hydrogens is 478 g/mol. The van der Waals surface area contributed by atoms with E-state index in [1.54, 1.807) is 0 Å². The summed E-state index contributed by atoms with van der Waals surface area (Å²) in [6, 6.07) is 7.24. The second-order valence-electron chi connectivity index (χ2n) is 7.60. The Morgan fingerprint density at radius 3 is 1.94 bits per heavy atom. The molecule has 1 aliphatic carbocycles. The van der Waals surface area contributed by atoms with E-state index in [0.29, 0.717) is 25.0 Å². The van der Waals surface area contributed by atoms with Crippen LogP contribution < -0.4 is 10.5 Å². The lowest BCUT2D eigenvalue weighted by Gasteiger charge is -2.32. The smallest absolute Gasteiger partial charge is 0.369 e. The molecule has 33 heavy (non-hydrogen) atoms. The van der Waals surface area contributed by atoms with Crippen LogP contribution in [0.5, 0.6) is 0 Å². The summed E-state index contributed by atoms with van der Waals surface area (Å²) in [5, 5.41) is 9.52. The van der Waals surface area contributed by atoms with Gasteiger partial charge in [-0.05, 0) is 30.0 Å². The summed E-state index contributed by atoms with van der Waals surface area (Å²) in [5.41, 5.74) is -1.50. The van der Waals surface area contributed by atoms with Gasteiger partial charge in [-0.2, -0.15) is 26.3 Å². The number of aliphatic hydroxyl groups is 1. The van der Waals surface area contributed by atoms with Crippen LogP contribution in [0.3, 0.4) is 0 Å². The molecule has 4 N–H and O–H groups in total. The average Bonchev–Trinajstić information content (AvgIpc) is 3.49. The predicted molar refractivity (Wildman–Crippen MR) is 103 cm³/mol. The van der Waals surface area contributed by atoms with Crippen LogP contribution in [0.1, 0.15) is 35.4 Å². The molecule has 13 heteroatoms. The van der Waals surface area contributed by atoms with Crippen molar-refractivity contribution in [2.75, 3.05) is 0 Å². The number of hydrogen-bond donors (Lipinski definition) is 3. The van der Waals surface area contributed by atoms with Crippen LogP contribution in [0.15, 0.2) is 53.4 Å². The normalized spacial score (nSPS) is 16.5. The van der Waals surface area contributed by atoms with E-state index in [1.165, 1.54) is 24.3 Å². The molecule has 0 heterocycles. The monoisotopic (exact) mass is 496 g/mol. The van der Waals surface area contributed by atoms with Crippen molar-refractivity contribution in [2.24, 2.45) is 5.73 Å². The standard InChI is InChI=1S/C20H18F6N2O4S/c21-19(22,23)18(30,20(24,25)26)12-7-5-11(6-8-12)16(17(27)29)14-3-1-2-4-15(14)33(31,32)28-13-9-10-13/h1-8,13,16,28,30H,9-10H2,(H2,27,29). The fourth-order valence-electron chi connectivity index (χ4n) is 3.35. The lowest BCUT2D eigenvalue weighted by atomic mass is 9.87. The SMILES string of the molecule is NC(=O)C(c1ccc(C(O)(C(F)(F)F)C(F)(F)F)cc1)c1ccccc1S(=O)(=O)NC1CC1. The van der Waals surface area contributed by atoms with Crippen LogP contribution in [0.25, 0.3) is 0 Å². The maximum Gasteiger partial charge on any atom is 0.430 e. The minimum atomic E-state index is -6.08. The molecule has 0 saturated heterocycles. The number of benzene rings is 2. The fourth-order valence-corrected chi connectivity index (χ4v) is 4.91. The Morgan fingerprint density at radius 1 is 0.970 bits per heavy atom. The molecule has 6 nitrogen and oxygen atoms in total. The summed E-state index contributed by atoms with van der Waals surface area (Å²) in [5.74, 6) is -2.59. The van der Waals surface area contributed by atoms with E-state index < -0.39 is 45.4 Å². The number of nitrogens with two attached hydrogens (primary N) is 1. The highest BCUT2D eigenvalue weighted by molar-refractivity contribution is 7.89. The molecule has 2 aromatic rings. The molecule has 0 radical (unpaired) electrons. The van der Waals surface area contributed by atoms with Gasteiger partial charge in [-0.3, -0.25) is 4.79 Å². The Balaban J connectivity index is 2.08. The molecular formula is C20H18F6N2O4S. The summed E-state index contributed by atoms with van der Waals surface area (Å²) >= 11 is 0. The molecule has 0 aromatic heterocycles. The van der Waals surface area contributed by atoms with Gasteiger partial charge in [0.05, 0.1) is 10.8 Å². The molecule has 0 bridgehead atoms. The molecule has 180 valence electrons. The number of nitrogens with one attached hydrogen (secondary N) is 1. The van der Waals surface area contributed by atoms with E-state index in [1.807, 2.05) is 0 Å². The quantitative estimate of drug-likeness (QED) is 0.512. The topological polar surface area (TPSA) is 109 Å². The molecule has 1 fully saturated rings. The van der Waals surface area contributed by atoms with Gasteiger partial charge in [0.2, 0.25) is 15.9 Å². The van der Waals surface area contributed by atoms with Crippen LogP contribution in [0.2, 0.25) is 0 Å². The Kier molecular flexibility index (Phi) is 6.28. The summed E-state index contributed by atoms with van der Waals surface area (Å²) < 4.78 is 107. The molecule has 0 spiro atoms. The van der Waals surface area contributed by atoms with Crippen molar-refractivity contribution in [1.29, 1.82) is 0 Å². The number of rotatable bonds is 7. The number of alkyl halides is 6. The largest absolute Gasteiger partial charge is 0.430 e. The molecule has 1 atom stereocenters. The second kappa shape index (κ2) is 8.29. The minimum Gasteiger partial charge on any atom is -0.369 e. The van der Waals surface area contributed by atoms with Gasteiger partial charge in [-0.25, -0.2) is 13.1 Å². The third-order valence-corrected chi connectivity index (χ3v) is 6.78. The van der Waals surface area contributed by atoms with Crippen LogP contribution in [-0.4, -0.2) is 37.8 Å². The van der Waals surface area contributed by atoms with Gasteiger partial charge in [-0.1, -0.05) is 42.5 Å². The molecule has 1 aliphatic rings. The van der Waals surface area contributed by atoms with Gasteiger partial charge in [0.1, 0.15) is 0 Å². The zero-order valence-electron chi connectivity index (χ0n) is 16.6. The number of amides is 1. The van der Waals surface area contributed by atoms with Crippen LogP contribution in [0, 0.1) is 0 Å². The molecule has 0 aliphatic heterocycles. The maximum atomic E-state index is 13.1. The Labute approximate surface area is 184 Å². The first kappa shape index (κ1) is 25.0. The van der Waals surface area contributed by atoms with E-state index in [9.17, 15) is 44.7 Å². The Morgan fingerprint density at radius 2 is 1.48 bits per heavy atom. The van der Waals surface area contributed by atoms with E-state index in [0.717, 1.165) is 12.1 Å². The second-order valence-corrected chi connectivity index (χ2v) is 9.28. The summed E-state index contributed by atoms with van der Waals surface area (Å²) in [4.78, 5) is 11.9. The highest BCUT2D eigenvalue weighted by Gasteiger charge is 2.71. The zero-order chi connectivity index (χ0) is 24.8. The maximum absolute atomic E-state index is 13.1. The molecule has 1 unspecified atom stereocenters. The van der Waals surface area contributed by atoms with Gasteiger partial charge in [0.15, 0.2) is 0 Å². The first-order chi connectivity index (χ1) is 15.1. The third-order valence-electron chi connectivity index (χ3n) is 5.19. The van der Waals surface area contributed by atoms with Crippen LogP contribution in [0.4, 0.5) is 26.3 Å². The fraction of sp³-hybridized carbons (Fsp3) is 0.350. The van der Waals surface area contributed by atoms with Gasteiger partial charge in [-0.15, -0.1) is 0 Å². The van der Waals surface area contributed by atoms with Gasteiger partial charge >= 0.3 is 12.4 Å². The van der Waals surface area contributed by atoms with Gasteiger partial charge < -0.3 is 10.8 Å². The van der Waals surface area contributed by atoms with Crippen molar-refractivity contribution in [3.05, 3.63) is 65.2 Å². The van der Waals surface area contributed by atoms with E-state index >= 15 is 0 Å². The molecule has 2 aromatic carbocycles. The number of hydrogen-bond acceptors (Lipinski definition) is 4. The minimum absolute atomic E-state index is 0.104. The average molecular weight is 496 g/mol. The Hall–Kier alpha value is -2.64. The van der Waals surface area contributed by atoms with Crippen molar-refractivity contribution < 1.29 is 44.7 Å². The number of carbonyl (C=O) groups is 1. The van der Waals surface area contributed by atoms with Crippen LogP contribution >= 0.6 is 0 Å². The summed E-state index contributed by atoms with van der Waals surface area (Å²) in [7, 11) is -4.08. The molecule has 1 amide bonds. The van der Waals surface area contributed by atoms with Crippen molar-refractivity contribution in [3.8, 4) is 0 Å². The zero-order valence-corrected chi connectivity index (χ0v) is 17.4. The first-order valence-corrected chi connectivity index (χ1v) is 10.9. The van der Waals surface area contributed by atoms with Crippen LogP contribution in [-0.2, 0) is 20.4 Å². The third kappa shape index (κ3) is 4.70. The van der Waals surface area contributed by atoms with Crippen molar-refractivity contribution in [2.45, 2.75) is 47.7 Å². The lowest BCUT2D eigenvalue weighted by Crippen LogP contribution is -2.53. The first-order valence-electron chi connectivity index (χ1n) is 9.46. The van der Waals surface area contributed by atoms with E-state index in [-0.39, 0.29) is 22.1 Å². The number of primary amides is 1.